The number of aromatic hydroxyl groups is 1. The molecule has 4 amide bonds. The number of primary amides is 1. The quantitative estimate of drug-likeness (QED) is 0.132. The van der Waals surface area contributed by atoms with Crippen molar-refractivity contribution < 1.29 is 34.2 Å². The van der Waals surface area contributed by atoms with Crippen LogP contribution in [0.2, 0.25) is 0 Å². The third kappa shape index (κ3) is 10.1. The highest BCUT2D eigenvalue weighted by atomic mass is 16.4. The maximum atomic E-state index is 13.4. The van der Waals surface area contributed by atoms with E-state index < -0.39 is 59.7 Å². The van der Waals surface area contributed by atoms with Crippen LogP contribution in [0.5, 0.6) is 5.75 Å². The second-order valence-corrected chi connectivity index (χ2v) is 9.45. The zero-order chi connectivity index (χ0) is 29.1. The van der Waals surface area contributed by atoms with Gasteiger partial charge in [0, 0.05) is 31.2 Å². The van der Waals surface area contributed by atoms with Crippen molar-refractivity contribution >= 4 is 29.6 Å². The Morgan fingerprint density at radius 1 is 0.949 bits per heavy atom. The van der Waals surface area contributed by atoms with Crippen molar-refractivity contribution in [3.05, 3.63) is 48.0 Å². The number of aromatic amines is 1. The van der Waals surface area contributed by atoms with Crippen molar-refractivity contribution in [2.45, 2.75) is 63.7 Å². The molecule has 0 aliphatic carbocycles. The summed E-state index contributed by atoms with van der Waals surface area (Å²) in [5, 5.41) is 26.7. The van der Waals surface area contributed by atoms with E-state index in [2.05, 4.69) is 25.9 Å². The molecule has 0 spiro atoms. The number of phenols is 1. The molecule has 0 saturated carbocycles. The van der Waals surface area contributed by atoms with E-state index in [0.717, 1.165) is 0 Å². The van der Waals surface area contributed by atoms with Crippen molar-refractivity contribution in [2.24, 2.45) is 17.4 Å². The first kappa shape index (κ1) is 30.8. The predicted octanol–water partition coefficient (Wildman–Crippen LogP) is -1.31. The summed E-state index contributed by atoms with van der Waals surface area (Å²) in [4.78, 5) is 68.7. The van der Waals surface area contributed by atoms with Crippen LogP contribution in [0, 0.1) is 5.92 Å². The van der Waals surface area contributed by atoms with Crippen molar-refractivity contribution in [3.8, 4) is 5.75 Å². The maximum absolute atomic E-state index is 13.4. The molecule has 0 aliphatic rings. The highest BCUT2D eigenvalue weighted by Crippen LogP contribution is 2.13. The number of benzene rings is 1. The lowest BCUT2D eigenvalue weighted by atomic mass is 10.0. The first-order valence-electron chi connectivity index (χ1n) is 12.3. The number of H-pyrrole nitrogens is 1. The van der Waals surface area contributed by atoms with Gasteiger partial charge in [0.2, 0.25) is 23.6 Å². The second kappa shape index (κ2) is 14.5. The van der Waals surface area contributed by atoms with E-state index in [4.69, 9.17) is 11.5 Å². The smallest absolute Gasteiger partial charge is 0.326 e. The SMILES string of the molecule is CC(C)C(NC(=O)C(Cc1ccc(O)cc1)NC(=O)C(Cc1cnc[nH]1)NC(=O)C(N)CCC(N)=O)C(=O)O. The monoisotopic (exact) mass is 545 g/mol. The minimum absolute atomic E-state index is 0.00421. The molecule has 0 fully saturated rings. The third-order valence-electron chi connectivity index (χ3n) is 5.89. The van der Waals surface area contributed by atoms with E-state index in [1.54, 1.807) is 26.0 Å². The van der Waals surface area contributed by atoms with Crippen LogP contribution in [0.4, 0.5) is 0 Å². The number of hydrogen-bond acceptors (Lipinski definition) is 8. The van der Waals surface area contributed by atoms with Crippen LogP contribution in [0.25, 0.3) is 0 Å². The number of nitrogens with two attached hydrogens (primary N) is 2. The maximum Gasteiger partial charge on any atom is 0.326 e. The van der Waals surface area contributed by atoms with Gasteiger partial charge in [-0.25, -0.2) is 9.78 Å². The number of carboxylic acids is 1. The normalized spacial score (nSPS) is 14.1. The lowest BCUT2D eigenvalue weighted by Crippen LogP contribution is -2.58. The Kier molecular flexibility index (Phi) is 11.4. The van der Waals surface area contributed by atoms with Gasteiger partial charge in [-0.15, -0.1) is 0 Å². The number of hydrogen-bond donors (Lipinski definition) is 8. The Labute approximate surface area is 224 Å². The van der Waals surface area contributed by atoms with Gasteiger partial charge < -0.3 is 42.6 Å². The zero-order valence-corrected chi connectivity index (χ0v) is 21.7. The number of aliphatic carboxylic acids is 1. The van der Waals surface area contributed by atoms with Crippen LogP contribution in [0.3, 0.4) is 0 Å². The molecule has 0 aliphatic heterocycles. The van der Waals surface area contributed by atoms with Crippen LogP contribution >= 0.6 is 0 Å². The summed E-state index contributed by atoms with van der Waals surface area (Å²) in [5.74, 6) is -4.49. The van der Waals surface area contributed by atoms with Crippen LogP contribution in [0.1, 0.15) is 37.9 Å². The number of carbonyl (C=O) groups is 5. The highest BCUT2D eigenvalue weighted by Gasteiger charge is 2.32. The van der Waals surface area contributed by atoms with Crippen molar-refractivity contribution in [3.63, 3.8) is 0 Å². The fourth-order valence-corrected chi connectivity index (χ4v) is 3.65. The molecular weight excluding hydrogens is 510 g/mol. The highest BCUT2D eigenvalue weighted by molar-refractivity contribution is 5.94. The molecule has 39 heavy (non-hydrogen) atoms. The standard InChI is InChI=1S/C25H35N7O7/c1-13(2)21(25(38)39)32-24(37)18(9-14-3-5-16(33)6-4-14)31-23(36)19(10-15-11-28-12-29-15)30-22(35)17(26)7-8-20(27)34/h3-6,11-13,17-19,21,33H,7-10,26H2,1-2H3,(H2,27,34)(H,28,29)(H,30,35)(H,31,36)(H,32,37)(H,38,39). The molecule has 1 heterocycles. The van der Waals surface area contributed by atoms with Crippen molar-refractivity contribution in [1.29, 1.82) is 0 Å². The fourth-order valence-electron chi connectivity index (χ4n) is 3.65. The molecule has 14 nitrogen and oxygen atoms in total. The molecule has 4 atom stereocenters. The van der Waals surface area contributed by atoms with Gasteiger partial charge in [-0.1, -0.05) is 26.0 Å². The van der Waals surface area contributed by atoms with E-state index in [9.17, 15) is 34.2 Å². The van der Waals surface area contributed by atoms with Crippen molar-refractivity contribution in [2.75, 3.05) is 0 Å². The molecule has 0 saturated heterocycles. The summed E-state index contributed by atoms with van der Waals surface area (Å²) in [6.07, 6.45) is 2.63. The largest absolute Gasteiger partial charge is 0.508 e. The molecule has 0 bridgehead atoms. The van der Waals surface area contributed by atoms with Crippen LogP contribution in [-0.2, 0) is 36.8 Å². The van der Waals surface area contributed by atoms with E-state index in [0.29, 0.717) is 11.3 Å². The third-order valence-corrected chi connectivity index (χ3v) is 5.89. The van der Waals surface area contributed by atoms with E-state index in [1.807, 2.05) is 0 Å². The van der Waals surface area contributed by atoms with Gasteiger partial charge in [0.15, 0.2) is 0 Å². The van der Waals surface area contributed by atoms with E-state index in [1.165, 1.54) is 24.7 Å². The number of rotatable bonds is 15. The molecule has 0 radical (unpaired) electrons. The Morgan fingerprint density at radius 3 is 2.08 bits per heavy atom. The molecule has 14 heteroatoms. The minimum atomic E-state index is -1.23. The number of phenolic OH excluding ortho intramolecular Hbond substituents is 1. The average Bonchev–Trinajstić information content (AvgIpc) is 3.38. The van der Waals surface area contributed by atoms with E-state index >= 15 is 0 Å². The molecule has 10 N–H and O–H groups in total. The first-order valence-corrected chi connectivity index (χ1v) is 12.3. The number of carbonyl (C=O) groups excluding carboxylic acids is 4. The number of nitrogens with one attached hydrogen (secondary N) is 4. The molecule has 4 unspecified atom stereocenters. The number of nitrogens with zero attached hydrogens (tertiary/aromatic N) is 1. The summed E-state index contributed by atoms with van der Waals surface area (Å²) in [6.45, 7) is 3.26. The Bertz CT molecular complexity index is 1140. The Balaban J connectivity index is 2.28. The first-order chi connectivity index (χ1) is 18.4. The molecule has 2 aromatic rings. The number of imidazole rings is 1. The van der Waals surface area contributed by atoms with Crippen molar-refractivity contribution in [1.82, 2.24) is 25.9 Å². The van der Waals surface area contributed by atoms with Crippen LogP contribution < -0.4 is 27.4 Å². The van der Waals surface area contributed by atoms with Gasteiger partial charge in [-0.3, -0.25) is 19.2 Å². The fraction of sp³-hybridized carbons (Fsp3) is 0.440. The summed E-state index contributed by atoms with van der Waals surface area (Å²) in [5.41, 5.74) is 12.1. The second-order valence-electron chi connectivity index (χ2n) is 9.45. The van der Waals surface area contributed by atoms with Gasteiger partial charge in [0.05, 0.1) is 12.4 Å². The lowest BCUT2D eigenvalue weighted by molar-refractivity contribution is -0.143. The van der Waals surface area contributed by atoms with Crippen LogP contribution in [0.15, 0.2) is 36.8 Å². The summed E-state index contributed by atoms with van der Waals surface area (Å²) < 4.78 is 0. The lowest BCUT2D eigenvalue weighted by Gasteiger charge is -2.26. The summed E-state index contributed by atoms with van der Waals surface area (Å²) in [6, 6.07) is 1.18. The molecule has 212 valence electrons. The Morgan fingerprint density at radius 2 is 1.54 bits per heavy atom. The van der Waals surface area contributed by atoms with Gasteiger partial charge in [0.25, 0.3) is 0 Å². The van der Waals surface area contributed by atoms with Gasteiger partial charge in [0.1, 0.15) is 23.9 Å². The van der Waals surface area contributed by atoms with Gasteiger partial charge in [-0.2, -0.15) is 0 Å². The number of carboxylic acid groups (broad SMARTS) is 1. The topological polar surface area (TPSA) is 243 Å². The van der Waals surface area contributed by atoms with Gasteiger partial charge >= 0.3 is 5.97 Å². The van der Waals surface area contributed by atoms with E-state index in [-0.39, 0.29) is 31.4 Å². The summed E-state index contributed by atoms with van der Waals surface area (Å²) in [7, 11) is 0. The zero-order valence-electron chi connectivity index (χ0n) is 21.7. The van der Waals surface area contributed by atoms with Gasteiger partial charge in [-0.05, 0) is 30.0 Å². The number of aromatic nitrogens is 2. The number of amides is 4. The molecular formula is C25H35N7O7. The molecule has 1 aromatic heterocycles. The average molecular weight is 546 g/mol. The summed E-state index contributed by atoms with van der Waals surface area (Å²) >= 11 is 0. The molecule has 1 aromatic carbocycles. The minimum Gasteiger partial charge on any atom is -0.508 e. The molecule has 2 rings (SSSR count). The Hall–Kier alpha value is -4.46. The van der Waals surface area contributed by atoms with Crippen LogP contribution in [-0.4, -0.2) is 73.9 Å². The predicted molar refractivity (Wildman–Crippen MR) is 139 cm³/mol.